The maximum absolute atomic E-state index is 12.4. The van der Waals surface area contributed by atoms with E-state index in [1.165, 1.54) is 11.8 Å². The first-order chi connectivity index (χ1) is 15.9. The van der Waals surface area contributed by atoms with Crippen molar-refractivity contribution >= 4 is 29.2 Å². The molecule has 3 N–H and O–H groups in total. The van der Waals surface area contributed by atoms with Crippen molar-refractivity contribution in [3.05, 3.63) is 70.3 Å². The summed E-state index contributed by atoms with van der Waals surface area (Å²) in [6, 6.07) is 17.9. The monoisotopic (exact) mass is 455 g/mol. The predicted molar refractivity (Wildman–Crippen MR) is 133 cm³/mol. The van der Waals surface area contributed by atoms with Crippen molar-refractivity contribution in [1.82, 2.24) is 4.98 Å². The fraction of sp³-hybridized carbons (Fsp3) is 0.231. The largest absolute Gasteiger partial charge is 0.383 e. The number of nitrogens with one attached hydrogen (secondary N) is 1. The van der Waals surface area contributed by atoms with Crippen molar-refractivity contribution in [3.8, 4) is 23.3 Å². The fourth-order valence-electron chi connectivity index (χ4n) is 3.51. The van der Waals surface area contributed by atoms with Crippen LogP contribution >= 0.6 is 11.8 Å². The van der Waals surface area contributed by atoms with Gasteiger partial charge in [0.05, 0.1) is 5.56 Å². The summed E-state index contributed by atoms with van der Waals surface area (Å²) in [6.45, 7) is 6.02. The maximum Gasteiger partial charge on any atom is 0.225 e. The number of nitrogens with two attached hydrogens (primary N) is 1. The number of carbonyl (C=O) groups excluding carboxylic acids is 1. The molecule has 3 rings (SSSR count). The molecular formula is C26H25N5OS. The number of aryl methyl sites for hydroxylation is 3. The van der Waals surface area contributed by atoms with E-state index in [1.807, 2.05) is 56.3 Å². The van der Waals surface area contributed by atoms with Crippen molar-refractivity contribution in [1.29, 1.82) is 10.5 Å². The van der Waals surface area contributed by atoms with E-state index in [9.17, 15) is 15.3 Å². The number of aromatic nitrogens is 1. The molecule has 0 saturated heterocycles. The summed E-state index contributed by atoms with van der Waals surface area (Å²) in [4.78, 5) is 16.7. The average molecular weight is 456 g/mol. The van der Waals surface area contributed by atoms with Gasteiger partial charge in [0.1, 0.15) is 28.5 Å². The number of hydrogen-bond acceptors (Lipinski definition) is 6. The van der Waals surface area contributed by atoms with E-state index in [1.54, 1.807) is 0 Å². The van der Waals surface area contributed by atoms with Crippen molar-refractivity contribution in [2.24, 2.45) is 0 Å². The van der Waals surface area contributed by atoms with Gasteiger partial charge in [0.2, 0.25) is 5.91 Å². The lowest BCUT2D eigenvalue weighted by atomic mass is 9.96. The molecule has 0 atom stereocenters. The number of nitrogen functional groups attached to an aromatic ring is 1. The maximum atomic E-state index is 12.4. The van der Waals surface area contributed by atoms with Crippen LogP contribution in [0.15, 0.2) is 47.5 Å². The number of nitriles is 2. The Labute approximate surface area is 198 Å². The van der Waals surface area contributed by atoms with Gasteiger partial charge in [-0.25, -0.2) is 4.98 Å². The molecule has 2 aromatic carbocycles. The van der Waals surface area contributed by atoms with Crippen LogP contribution in [0.5, 0.6) is 0 Å². The number of nitrogens with zero attached hydrogens (tertiary/aromatic N) is 3. The van der Waals surface area contributed by atoms with E-state index in [4.69, 9.17) is 5.73 Å². The van der Waals surface area contributed by atoms with Gasteiger partial charge in [0, 0.05) is 23.4 Å². The van der Waals surface area contributed by atoms with E-state index < -0.39 is 0 Å². The van der Waals surface area contributed by atoms with Gasteiger partial charge in [-0.2, -0.15) is 10.5 Å². The third kappa shape index (κ3) is 5.52. The Morgan fingerprint density at radius 3 is 2.39 bits per heavy atom. The lowest BCUT2D eigenvalue weighted by Gasteiger charge is -2.13. The number of pyridine rings is 1. The van der Waals surface area contributed by atoms with Gasteiger partial charge >= 0.3 is 0 Å². The van der Waals surface area contributed by atoms with Gasteiger partial charge in [0.15, 0.2) is 0 Å². The van der Waals surface area contributed by atoms with Crippen LogP contribution in [0.25, 0.3) is 11.1 Å². The molecule has 166 valence electrons. The molecule has 0 radical (unpaired) electrons. The minimum absolute atomic E-state index is 0.0771. The van der Waals surface area contributed by atoms with Crippen LogP contribution < -0.4 is 11.1 Å². The molecule has 0 spiro atoms. The molecule has 33 heavy (non-hydrogen) atoms. The summed E-state index contributed by atoms with van der Waals surface area (Å²) in [6.07, 6.45) is 1.13. The SMILES string of the molecule is CCc1ccc(-c2c(C#N)c(N)nc(SCCC(=O)Nc3ccc(C)cc3C)c2C#N)cc1. The second-order valence-electron chi connectivity index (χ2n) is 7.67. The molecule has 0 aliphatic carbocycles. The summed E-state index contributed by atoms with van der Waals surface area (Å²) in [5.41, 5.74) is 11.9. The highest BCUT2D eigenvalue weighted by Gasteiger charge is 2.20. The Bertz CT molecular complexity index is 1270. The number of rotatable bonds is 7. The third-order valence-corrected chi connectivity index (χ3v) is 6.27. The van der Waals surface area contributed by atoms with Gasteiger partial charge in [-0.3, -0.25) is 4.79 Å². The molecule has 0 aliphatic rings. The molecule has 1 heterocycles. The van der Waals surface area contributed by atoms with Gasteiger partial charge in [-0.1, -0.05) is 48.9 Å². The third-order valence-electron chi connectivity index (χ3n) is 5.29. The Morgan fingerprint density at radius 1 is 1.09 bits per heavy atom. The number of hydrogen-bond donors (Lipinski definition) is 2. The highest BCUT2D eigenvalue weighted by molar-refractivity contribution is 7.99. The highest BCUT2D eigenvalue weighted by Crippen LogP contribution is 2.36. The first-order valence-corrected chi connectivity index (χ1v) is 11.6. The topological polar surface area (TPSA) is 116 Å². The number of anilines is 2. The molecule has 1 aromatic heterocycles. The number of benzene rings is 2. The van der Waals surface area contributed by atoms with Crippen molar-refractivity contribution in [2.45, 2.75) is 38.6 Å². The molecular weight excluding hydrogens is 430 g/mol. The molecule has 0 bridgehead atoms. The standard InChI is InChI=1S/C26H25N5OS/c1-4-18-6-8-19(9-7-18)24-20(14-27)25(29)31-26(21(24)15-28)33-12-11-23(32)30-22-10-5-16(2)13-17(22)3/h5-10,13H,4,11-12H2,1-3H3,(H2,29,31)(H,30,32). The Balaban J connectivity index is 1.81. The van der Waals surface area contributed by atoms with Gasteiger partial charge < -0.3 is 11.1 Å². The highest BCUT2D eigenvalue weighted by atomic mass is 32.2. The van der Waals surface area contributed by atoms with Crippen molar-refractivity contribution in [3.63, 3.8) is 0 Å². The molecule has 0 unspecified atom stereocenters. The summed E-state index contributed by atoms with van der Waals surface area (Å²) in [5, 5.41) is 22.9. The van der Waals surface area contributed by atoms with Crippen LogP contribution in [0.3, 0.4) is 0 Å². The van der Waals surface area contributed by atoms with Crippen LogP contribution in [0, 0.1) is 36.5 Å². The zero-order valence-electron chi connectivity index (χ0n) is 18.9. The van der Waals surface area contributed by atoms with Crippen LogP contribution in [-0.4, -0.2) is 16.6 Å². The second kappa shape index (κ2) is 10.7. The summed E-state index contributed by atoms with van der Waals surface area (Å²) >= 11 is 1.28. The molecule has 6 nitrogen and oxygen atoms in total. The Hall–Kier alpha value is -3.81. The minimum Gasteiger partial charge on any atom is -0.383 e. The normalized spacial score (nSPS) is 10.3. The van der Waals surface area contributed by atoms with E-state index >= 15 is 0 Å². The molecule has 3 aromatic rings. The lowest BCUT2D eigenvalue weighted by molar-refractivity contribution is -0.115. The van der Waals surface area contributed by atoms with E-state index in [2.05, 4.69) is 29.4 Å². The Kier molecular flexibility index (Phi) is 7.71. The van der Waals surface area contributed by atoms with E-state index in [0.717, 1.165) is 34.4 Å². The number of carbonyl (C=O) groups is 1. The lowest BCUT2D eigenvalue weighted by Crippen LogP contribution is -2.13. The van der Waals surface area contributed by atoms with Gasteiger partial charge in [0.25, 0.3) is 0 Å². The first kappa shape index (κ1) is 23.8. The first-order valence-electron chi connectivity index (χ1n) is 10.6. The molecule has 0 fully saturated rings. The van der Waals surface area contributed by atoms with Crippen LogP contribution in [0.4, 0.5) is 11.5 Å². The summed E-state index contributed by atoms with van der Waals surface area (Å²) < 4.78 is 0. The van der Waals surface area contributed by atoms with Crippen molar-refractivity contribution < 1.29 is 4.79 Å². The van der Waals surface area contributed by atoms with E-state index in [0.29, 0.717) is 21.9 Å². The Morgan fingerprint density at radius 2 is 1.79 bits per heavy atom. The molecule has 1 amide bonds. The molecule has 0 saturated carbocycles. The fourth-order valence-corrected chi connectivity index (χ4v) is 4.44. The smallest absolute Gasteiger partial charge is 0.225 e. The summed E-state index contributed by atoms with van der Waals surface area (Å²) in [5.74, 6) is 0.371. The second-order valence-corrected chi connectivity index (χ2v) is 8.75. The van der Waals surface area contributed by atoms with Crippen LogP contribution in [0.2, 0.25) is 0 Å². The zero-order chi connectivity index (χ0) is 24.0. The average Bonchev–Trinajstić information content (AvgIpc) is 2.80. The summed E-state index contributed by atoms with van der Waals surface area (Å²) in [7, 11) is 0. The van der Waals surface area contributed by atoms with Crippen LogP contribution in [-0.2, 0) is 11.2 Å². The zero-order valence-corrected chi connectivity index (χ0v) is 19.7. The van der Waals surface area contributed by atoms with E-state index in [-0.39, 0.29) is 23.7 Å². The predicted octanol–water partition coefficient (Wildman–Crippen LogP) is 5.37. The number of thioether (sulfide) groups is 1. The molecule has 7 heteroatoms. The van der Waals surface area contributed by atoms with Gasteiger partial charge in [-0.05, 0) is 43.0 Å². The quantitative estimate of drug-likeness (QED) is 0.463. The minimum atomic E-state index is -0.120. The van der Waals surface area contributed by atoms with Crippen molar-refractivity contribution in [2.75, 3.05) is 16.8 Å². The molecule has 0 aliphatic heterocycles. The number of amides is 1. The van der Waals surface area contributed by atoms with Crippen LogP contribution in [0.1, 0.15) is 41.2 Å². The van der Waals surface area contributed by atoms with Gasteiger partial charge in [-0.15, -0.1) is 11.8 Å².